The van der Waals surface area contributed by atoms with Crippen LogP contribution < -0.4 is 9.62 Å². The molecule has 4 rings (SSSR count). The van der Waals surface area contributed by atoms with E-state index < -0.39 is 28.5 Å². The predicted octanol–water partition coefficient (Wildman–Crippen LogP) is 7.13. The van der Waals surface area contributed by atoms with Gasteiger partial charge >= 0.3 is 0 Å². The first-order valence-corrected chi connectivity index (χ1v) is 17.2. The van der Waals surface area contributed by atoms with Gasteiger partial charge in [-0.3, -0.25) is 13.9 Å². The molecule has 1 atom stereocenters. The van der Waals surface area contributed by atoms with Crippen molar-refractivity contribution >= 4 is 39.1 Å². The number of anilines is 1. The molecule has 1 unspecified atom stereocenters. The fourth-order valence-electron chi connectivity index (χ4n) is 5.11. The van der Waals surface area contributed by atoms with E-state index in [4.69, 9.17) is 11.6 Å². The third kappa shape index (κ3) is 8.98. The van der Waals surface area contributed by atoms with E-state index in [1.165, 1.54) is 4.90 Å². The van der Waals surface area contributed by atoms with Gasteiger partial charge in [0.15, 0.2) is 0 Å². The molecular formula is C37H42ClN3O4S. The standard InChI is InChI=1S/C37H42ClN3O4S/c1-26(2)31-15-19-33(20-16-31)41(46(44,45)34-21-11-28(5)12-22-34)25-36(42)40(24-30-13-17-32(38)18-14-30)35(37(43)39-27(3)4)23-29-9-7-6-8-10-29/h6-22,26-27,35H,23-25H2,1-5H3,(H,39,43). The van der Waals surface area contributed by atoms with E-state index in [0.717, 1.165) is 26.6 Å². The summed E-state index contributed by atoms with van der Waals surface area (Å²) in [5, 5.41) is 3.51. The lowest BCUT2D eigenvalue weighted by Crippen LogP contribution is -2.54. The lowest BCUT2D eigenvalue weighted by atomic mass is 10.0. The molecule has 0 aliphatic carbocycles. The normalized spacial score (nSPS) is 12.2. The number of sulfonamides is 1. The number of rotatable bonds is 13. The lowest BCUT2D eigenvalue weighted by molar-refractivity contribution is -0.140. The number of carbonyl (C=O) groups is 2. The largest absolute Gasteiger partial charge is 0.352 e. The molecule has 1 N–H and O–H groups in total. The number of hydrogen-bond acceptors (Lipinski definition) is 4. The van der Waals surface area contributed by atoms with E-state index in [0.29, 0.717) is 10.7 Å². The maximum absolute atomic E-state index is 14.5. The van der Waals surface area contributed by atoms with Crippen molar-refractivity contribution in [2.24, 2.45) is 0 Å². The van der Waals surface area contributed by atoms with Gasteiger partial charge in [-0.25, -0.2) is 8.42 Å². The van der Waals surface area contributed by atoms with Gasteiger partial charge in [-0.05, 0) is 79.8 Å². The van der Waals surface area contributed by atoms with Gasteiger partial charge < -0.3 is 10.2 Å². The molecule has 0 spiro atoms. The number of nitrogens with one attached hydrogen (secondary N) is 1. The third-order valence-corrected chi connectivity index (χ3v) is 9.74. The Morgan fingerprint density at radius 1 is 0.783 bits per heavy atom. The second kappa shape index (κ2) is 15.4. The molecule has 0 aliphatic rings. The van der Waals surface area contributed by atoms with Crippen LogP contribution in [0.1, 0.15) is 55.9 Å². The average Bonchev–Trinajstić information content (AvgIpc) is 3.02. The third-order valence-electron chi connectivity index (χ3n) is 7.70. The van der Waals surface area contributed by atoms with Crippen LogP contribution in [-0.4, -0.2) is 43.8 Å². The summed E-state index contributed by atoms with van der Waals surface area (Å²) in [6.45, 7) is 9.28. The Labute approximate surface area is 278 Å². The minimum Gasteiger partial charge on any atom is -0.352 e. The molecule has 0 saturated heterocycles. The lowest BCUT2D eigenvalue weighted by Gasteiger charge is -2.34. The second-order valence-electron chi connectivity index (χ2n) is 12.1. The zero-order chi connectivity index (χ0) is 33.4. The number of halogens is 1. The molecule has 9 heteroatoms. The molecule has 0 heterocycles. The van der Waals surface area contributed by atoms with E-state index in [9.17, 15) is 18.0 Å². The van der Waals surface area contributed by atoms with Crippen LogP contribution in [0.4, 0.5) is 5.69 Å². The van der Waals surface area contributed by atoms with Gasteiger partial charge in [0.05, 0.1) is 10.6 Å². The summed E-state index contributed by atoms with van der Waals surface area (Å²) in [6, 6.07) is 29.2. The second-order valence-corrected chi connectivity index (χ2v) is 14.4. The quantitative estimate of drug-likeness (QED) is 0.165. The van der Waals surface area contributed by atoms with Crippen LogP contribution in [0.25, 0.3) is 0 Å². The van der Waals surface area contributed by atoms with E-state index in [-0.39, 0.29) is 35.7 Å². The topological polar surface area (TPSA) is 86.8 Å². The van der Waals surface area contributed by atoms with Crippen LogP contribution in [0.3, 0.4) is 0 Å². The van der Waals surface area contributed by atoms with Crippen molar-refractivity contribution in [1.29, 1.82) is 0 Å². The maximum atomic E-state index is 14.5. The van der Waals surface area contributed by atoms with Crippen molar-refractivity contribution in [1.82, 2.24) is 10.2 Å². The summed E-state index contributed by atoms with van der Waals surface area (Å²) >= 11 is 6.16. The minimum atomic E-state index is -4.17. The van der Waals surface area contributed by atoms with Crippen LogP contribution in [-0.2, 0) is 32.6 Å². The smallest absolute Gasteiger partial charge is 0.264 e. The zero-order valence-corrected chi connectivity index (χ0v) is 28.6. The fraction of sp³-hybridized carbons (Fsp3) is 0.297. The molecule has 0 aliphatic heterocycles. The highest BCUT2D eigenvalue weighted by Gasteiger charge is 2.35. The molecule has 0 bridgehead atoms. The van der Waals surface area contributed by atoms with Gasteiger partial charge in [0.25, 0.3) is 10.0 Å². The predicted molar refractivity (Wildman–Crippen MR) is 185 cm³/mol. The number of nitrogens with zero attached hydrogens (tertiary/aromatic N) is 2. The van der Waals surface area contributed by atoms with Gasteiger partial charge in [0.1, 0.15) is 12.6 Å². The first kappa shape index (κ1) is 34.7. The van der Waals surface area contributed by atoms with Crippen LogP contribution in [0.2, 0.25) is 5.02 Å². The van der Waals surface area contributed by atoms with Crippen molar-refractivity contribution < 1.29 is 18.0 Å². The SMILES string of the molecule is Cc1ccc(S(=O)(=O)N(CC(=O)N(Cc2ccc(Cl)cc2)C(Cc2ccccc2)C(=O)NC(C)C)c2ccc(C(C)C)cc2)cc1. The summed E-state index contributed by atoms with van der Waals surface area (Å²) in [5.41, 5.74) is 3.93. The van der Waals surface area contributed by atoms with E-state index in [1.54, 1.807) is 60.7 Å². The molecule has 0 fully saturated rings. The number of benzene rings is 4. The van der Waals surface area contributed by atoms with Crippen LogP contribution in [0.15, 0.2) is 108 Å². The first-order valence-electron chi connectivity index (χ1n) is 15.4. The minimum absolute atomic E-state index is 0.0708. The van der Waals surface area contributed by atoms with E-state index in [2.05, 4.69) is 19.2 Å². The Hall–Kier alpha value is -4.14. The monoisotopic (exact) mass is 659 g/mol. The highest BCUT2D eigenvalue weighted by molar-refractivity contribution is 7.92. The molecule has 4 aromatic carbocycles. The van der Waals surface area contributed by atoms with Gasteiger partial charge in [-0.15, -0.1) is 0 Å². The molecule has 4 aromatic rings. The van der Waals surface area contributed by atoms with E-state index in [1.807, 2.05) is 63.2 Å². The maximum Gasteiger partial charge on any atom is 0.264 e. The average molecular weight is 660 g/mol. The Bertz CT molecular complexity index is 1710. The van der Waals surface area contributed by atoms with Crippen molar-refractivity contribution in [3.05, 3.63) is 130 Å². The van der Waals surface area contributed by atoms with Crippen molar-refractivity contribution in [3.63, 3.8) is 0 Å². The Kier molecular flexibility index (Phi) is 11.7. The van der Waals surface area contributed by atoms with Crippen LogP contribution in [0, 0.1) is 6.92 Å². The zero-order valence-electron chi connectivity index (χ0n) is 27.0. The number of hydrogen-bond donors (Lipinski definition) is 1. The number of amides is 2. The molecule has 0 radical (unpaired) electrons. The first-order chi connectivity index (χ1) is 21.8. The highest BCUT2D eigenvalue weighted by Crippen LogP contribution is 2.27. The van der Waals surface area contributed by atoms with E-state index >= 15 is 0 Å². The Balaban J connectivity index is 1.81. The van der Waals surface area contributed by atoms with Gasteiger partial charge in [-0.2, -0.15) is 0 Å². The van der Waals surface area contributed by atoms with Gasteiger partial charge in [0, 0.05) is 24.0 Å². The summed E-state index contributed by atoms with van der Waals surface area (Å²) in [5.74, 6) is -0.597. The molecule has 46 heavy (non-hydrogen) atoms. The molecule has 7 nitrogen and oxygen atoms in total. The summed E-state index contributed by atoms with van der Waals surface area (Å²) < 4.78 is 29.6. The van der Waals surface area contributed by atoms with Crippen molar-refractivity contribution in [2.45, 2.75) is 70.5 Å². The van der Waals surface area contributed by atoms with Gasteiger partial charge in [-0.1, -0.05) is 97.7 Å². The molecule has 0 aromatic heterocycles. The molecule has 242 valence electrons. The fourth-order valence-corrected chi connectivity index (χ4v) is 6.65. The highest BCUT2D eigenvalue weighted by atomic mass is 35.5. The molecule has 0 saturated carbocycles. The van der Waals surface area contributed by atoms with Crippen molar-refractivity contribution in [2.75, 3.05) is 10.8 Å². The van der Waals surface area contributed by atoms with Crippen LogP contribution >= 0.6 is 11.6 Å². The van der Waals surface area contributed by atoms with Crippen LogP contribution in [0.5, 0.6) is 0 Å². The number of carbonyl (C=O) groups excluding carboxylic acids is 2. The summed E-state index contributed by atoms with van der Waals surface area (Å²) in [4.78, 5) is 29.9. The molecular weight excluding hydrogens is 618 g/mol. The summed E-state index contributed by atoms with van der Waals surface area (Å²) in [7, 11) is -4.17. The summed E-state index contributed by atoms with van der Waals surface area (Å²) in [6.07, 6.45) is 0.243. The number of aryl methyl sites for hydroxylation is 1. The Morgan fingerprint density at radius 3 is 1.96 bits per heavy atom. The van der Waals surface area contributed by atoms with Gasteiger partial charge in [0.2, 0.25) is 11.8 Å². The molecule has 2 amide bonds. The van der Waals surface area contributed by atoms with Crippen molar-refractivity contribution in [3.8, 4) is 0 Å². The Morgan fingerprint density at radius 2 is 1.39 bits per heavy atom.